The molecule has 1 saturated heterocycles. The minimum Gasteiger partial charge on any atom is -0.491 e. The minimum absolute atomic E-state index is 0.330. The topological polar surface area (TPSA) is 58.7 Å². The second-order valence-electron chi connectivity index (χ2n) is 5.94. The van der Waals surface area contributed by atoms with Gasteiger partial charge in [0, 0.05) is 18.3 Å². The molecule has 1 aliphatic heterocycles. The molecule has 1 aromatic carbocycles. The Morgan fingerprint density at radius 1 is 1.29 bits per heavy atom. The third kappa shape index (κ3) is 5.21. The molecule has 21 heavy (non-hydrogen) atoms. The first kappa shape index (κ1) is 16.1. The van der Waals surface area contributed by atoms with E-state index in [1.165, 1.54) is 25.7 Å². The zero-order valence-electron chi connectivity index (χ0n) is 13.0. The van der Waals surface area contributed by atoms with E-state index in [0.717, 1.165) is 24.4 Å². The van der Waals surface area contributed by atoms with Gasteiger partial charge in [0.25, 0.3) is 0 Å². The van der Waals surface area contributed by atoms with E-state index >= 15 is 0 Å². The van der Waals surface area contributed by atoms with Gasteiger partial charge in [-0.05, 0) is 50.1 Å². The number of likely N-dealkylation sites (tertiary alicyclic amines) is 1. The van der Waals surface area contributed by atoms with Crippen LogP contribution in [0.5, 0.6) is 5.75 Å². The van der Waals surface area contributed by atoms with Crippen LogP contribution in [0, 0.1) is 0 Å². The number of benzene rings is 1. The number of β-amino-alcohol motifs (C(OH)–C–C–N with tert-alkyl or cyclic N) is 1. The van der Waals surface area contributed by atoms with Crippen LogP contribution in [-0.2, 0) is 0 Å². The standard InChI is InChI=1S/C17H28N2O2/c1-2-15-6-4-3-5-11-19(15)12-16(20)13-21-17-9-7-14(18)8-10-17/h7-10,15-16,20H,2-6,11-13,18H2,1H3. The van der Waals surface area contributed by atoms with Gasteiger partial charge in [0.05, 0.1) is 0 Å². The molecule has 4 heteroatoms. The fourth-order valence-electron chi connectivity index (χ4n) is 3.02. The van der Waals surface area contributed by atoms with E-state index < -0.39 is 6.10 Å². The first-order chi connectivity index (χ1) is 10.2. The molecule has 0 saturated carbocycles. The zero-order chi connectivity index (χ0) is 15.1. The smallest absolute Gasteiger partial charge is 0.119 e. The van der Waals surface area contributed by atoms with Crippen LogP contribution in [0.25, 0.3) is 0 Å². The Morgan fingerprint density at radius 3 is 2.76 bits per heavy atom. The van der Waals surface area contributed by atoms with Crippen molar-refractivity contribution in [3.8, 4) is 5.75 Å². The van der Waals surface area contributed by atoms with Crippen LogP contribution >= 0.6 is 0 Å². The molecule has 2 unspecified atom stereocenters. The molecule has 1 aliphatic rings. The van der Waals surface area contributed by atoms with E-state index in [1.54, 1.807) is 0 Å². The quantitative estimate of drug-likeness (QED) is 0.791. The molecule has 0 amide bonds. The van der Waals surface area contributed by atoms with Gasteiger partial charge in [0.2, 0.25) is 0 Å². The average Bonchev–Trinajstić information content (AvgIpc) is 2.71. The van der Waals surface area contributed by atoms with Crippen molar-refractivity contribution in [2.45, 2.75) is 51.2 Å². The summed E-state index contributed by atoms with van der Waals surface area (Å²) in [4.78, 5) is 2.43. The Bertz CT molecular complexity index is 408. The first-order valence-electron chi connectivity index (χ1n) is 8.09. The molecule has 0 spiro atoms. The molecule has 4 nitrogen and oxygen atoms in total. The van der Waals surface area contributed by atoms with Crippen LogP contribution in [0.15, 0.2) is 24.3 Å². The maximum Gasteiger partial charge on any atom is 0.119 e. The molecule has 3 N–H and O–H groups in total. The second kappa shape index (κ2) is 8.25. The molecule has 1 fully saturated rings. The van der Waals surface area contributed by atoms with Crippen LogP contribution < -0.4 is 10.5 Å². The Balaban J connectivity index is 1.79. The van der Waals surface area contributed by atoms with E-state index in [2.05, 4.69) is 11.8 Å². The highest BCUT2D eigenvalue weighted by Gasteiger charge is 2.21. The predicted molar refractivity (Wildman–Crippen MR) is 86.5 cm³/mol. The van der Waals surface area contributed by atoms with Crippen molar-refractivity contribution >= 4 is 5.69 Å². The molecular weight excluding hydrogens is 264 g/mol. The lowest BCUT2D eigenvalue weighted by atomic mass is 10.1. The van der Waals surface area contributed by atoms with Crippen molar-refractivity contribution in [1.82, 2.24) is 4.90 Å². The Hall–Kier alpha value is -1.26. The first-order valence-corrected chi connectivity index (χ1v) is 8.09. The van der Waals surface area contributed by atoms with Crippen LogP contribution in [0.2, 0.25) is 0 Å². The van der Waals surface area contributed by atoms with E-state index in [9.17, 15) is 5.11 Å². The van der Waals surface area contributed by atoms with E-state index in [1.807, 2.05) is 24.3 Å². The number of aliphatic hydroxyl groups excluding tert-OH is 1. The highest BCUT2D eigenvalue weighted by Crippen LogP contribution is 2.19. The number of nitrogens with two attached hydrogens (primary N) is 1. The Morgan fingerprint density at radius 2 is 2.05 bits per heavy atom. The predicted octanol–water partition coefficient (Wildman–Crippen LogP) is 2.66. The van der Waals surface area contributed by atoms with E-state index in [4.69, 9.17) is 10.5 Å². The minimum atomic E-state index is -0.449. The summed E-state index contributed by atoms with van der Waals surface area (Å²) in [6.07, 6.45) is 5.82. The van der Waals surface area contributed by atoms with Crippen LogP contribution in [0.4, 0.5) is 5.69 Å². The lowest BCUT2D eigenvalue weighted by molar-refractivity contribution is 0.0521. The van der Waals surface area contributed by atoms with E-state index in [0.29, 0.717) is 19.2 Å². The molecule has 0 bridgehead atoms. The number of nitrogens with zero attached hydrogens (tertiary/aromatic N) is 1. The largest absolute Gasteiger partial charge is 0.491 e. The molecule has 118 valence electrons. The third-order valence-electron chi connectivity index (χ3n) is 4.24. The van der Waals surface area contributed by atoms with E-state index in [-0.39, 0.29) is 0 Å². The summed E-state index contributed by atoms with van der Waals surface area (Å²) in [5.41, 5.74) is 6.36. The lowest BCUT2D eigenvalue weighted by Crippen LogP contribution is -2.41. The van der Waals surface area contributed by atoms with Crippen LogP contribution in [0.1, 0.15) is 39.0 Å². The number of hydrogen-bond donors (Lipinski definition) is 2. The van der Waals surface area contributed by atoms with Crippen molar-refractivity contribution < 1.29 is 9.84 Å². The number of nitrogen functional groups attached to an aromatic ring is 1. The van der Waals surface area contributed by atoms with Crippen molar-refractivity contribution in [2.24, 2.45) is 0 Å². The fraction of sp³-hybridized carbons (Fsp3) is 0.647. The van der Waals surface area contributed by atoms with Gasteiger partial charge in [0.1, 0.15) is 18.5 Å². The molecule has 0 aliphatic carbocycles. The van der Waals surface area contributed by atoms with Crippen molar-refractivity contribution in [3.05, 3.63) is 24.3 Å². The lowest BCUT2D eigenvalue weighted by Gasteiger charge is -2.30. The summed E-state index contributed by atoms with van der Waals surface area (Å²) >= 11 is 0. The zero-order valence-corrected chi connectivity index (χ0v) is 13.0. The number of anilines is 1. The molecule has 0 radical (unpaired) electrons. The molecule has 0 aromatic heterocycles. The van der Waals surface area contributed by atoms with Crippen LogP contribution in [-0.4, -0.2) is 41.8 Å². The summed E-state index contributed by atoms with van der Waals surface area (Å²) in [5.74, 6) is 0.756. The number of aliphatic hydroxyl groups is 1. The molecular formula is C17H28N2O2. The van der Waals surface area contributed by atoms with Gasteiger partial charge in [-0.2, -0.15) is 0 Å². The Labute approximate surface area is 127 Å². The van der Waals surface area contributed by atoms with Gasteiger partial charge in [-0.1, -0.05) is 19.8 Å². The molecule has 1 heterocycles. The summed E-state index contributed by atoms with van der Waals surface area (Å²) < 4.78 is 5.63. The summed E-state index contributed by atoms with van der Waals surface area (Å²) in [5, 5.41) is 10.2. The van der Waals surface area contributed by atoms with Crippen molar-refractivity contribution in [1.29, 1.82) is 0 Å². The molecule has 1 aromatic rings. The highest BCUT2D eigenvalue weighted by molar-refractivity contribution is 5.41. The van der Waals surface area contributed by atoms with Gasteiger partial charge in [-0.3, -0.25) is 4.90 Å². The Kier molecular flexibility index (Phi) is 6.33. The SMILES string of the molecule is CCC1CCCCCN1CC(O)COc1ccc(N)cc1. The number of ether oxygens (including phenoxy) is 1. The van der Waals surface area contributed by atoms with Crippen LogP contribution in [0.3, 0.4) is 0 Å². The van der Waals surface area contributed by atoms with Gasteiger partial charge in [0.15, 0.2) is 0 Å². The number of rotatable bonds is 6. The second-order valence-corrected chi connectivity index (χ2v) is 5.94. The van der Waals surface area contributed by atoms with Crippen molar-refractivity contribution in [2.75, 3.05) is 25.4 Å². The van der Waals surface area contributed by atoms with Crippen molar-refractivity contribution in [3.63, 3.8) is 0 Å². The van der Waals surface area contributed by atoms with Gasteiger partial charge >= 0.3 is 0 Å². The maximum atomic E-state index is 10.2. The highest BCUT2D eigenvalue weighted by atomic mass is 16.5. The molecule has 2 atom stereocenters. The third-order valence-corrected chi connectivity index (χ3v) is 4.24. The molecule has 2 rings (SSSR count). The monoisotopic (exact) mass is 292 g/mol. The number of hydrogen-bond acceptors (Lipinski definition) is 4. The van der Waals surface area contributed by atoms with Gasteiger partial charge in [-0.25, -0.2) is 0 Å². The van der Waals surface area contributed by atoms with Gasteiger partial charge < -0.3 is 15.6 Å². The normalized spacial score (nSPS) is 21.7. The van der Waals surface area contributed by atoms with Gasteiger partial charge in [-0.15, -0.1) is 0 Å². The summed E-state index contributed by atoms with van der Waals surface area (Å²) in [6.45, 7) is 4.36. The fourth-order valence-corrected chi connectivity index (χ4v) is 3.02. The average molecular weight is 292 g/mol. The summed E-state index contributed by atoms with van der Waals surface area (Å²) in [7, 11) is 0. The maximum absolute atomic E-state index is 10.2. The summed E-state index contributed by atoms with van der Waals surface area (Å²) in [6, 6.07) is 7.90.